The molecule has 12 heavy (non-hydrogen) atoms. The Labute approximate surface area is 74.9 Å². The SMILES string of the molecule is CN1CCCC(C)(C=O)C1(C)C. The zero-order valence-corrected chi connectivity index (χ0v) is 8.55. The van der Waals surface area contributed by atoms with Gasteiger partial charge in [0.15, 0.2) is 0 Å². The van der Waals surface area contributed by atoms with Gasteiger partial charge in [-0.1, -0.05) is 6.92 Å². The van der Waals surface area contributed by atoms with Crippen molar-refractivity contribution < 1.29 is 4.79 Å². The van der Waals surface area contributed by atoms with Crippen LogP contribution >= 0.6 is 0 Å². The van der Waals surface area contributed by atoms with Crippen LogP contribution in [-0.2, 0) is 4.79 Å². The van der Waals surface area contributed by atoms with E-state index in [9.17, 15) is 4.79 Å². The molecular weight excluding hydrogens is 150 g/mol. The number of nitrogens with zero attached hydrogens (tertiary/aromatic N) is 1. The first-order valence-corrected chi connectivity index (χ1v) is 4.61. The second kappa shape index (κ2) is 2.84. The van der Waals surface area contributed by atoms with E-state index in [1.165, 1.54) is 0 Å². The molecule has 2 nitrogen and oxygen atoms in total. The molecule has 0 amide bonds. The van der Waals surface area contributed by atoms with Crippen molar-refractivity contribution in [2.45, 2.75) is 39.2 Å². The highest BCUT2D eigenvalue weighted by molar-refractivity contribution is 5.61. The highest BCUT2D eigenvalue weighted by Gasteiger charge is 2.45. The van der Waals surface area contributed by atoms with Crippen LogP contribution in [-0.4, -0.2) is 30.3 Å². The molecule has 0 aromatic heterocycles. The van der Waals surface area contributed by atoms with Crippen LogP contribution in [0.25, 0.3) is 0 Å². The van der Waals surface area contributed by atoms with Gasteiger partial charge in [0.2, 0.25) is 0 Å². The molecule has 1 aliphatic rings. The molecule has 0 saturated carbocycles. The fraction of sp³-hybridized carbons (Fsp3) is 0.900. The standard InChI is InChI=1S/C10H19NO/c1-9(2)10(3,8-12)6-5-7-11(9)4/h8H,5-7H2,1-4H3. The number of likely N-dealkylation sites (tertiary alicyclic amines) is 1. The topological polar surface area (TPSA) is 20.3 Å². The van der Waals surface area contributed by atoms with Gasteiger partial charge in [0.05, 0.1) is 0 Å². The molecule has 70 valence electrons. The molecule has 1 rings (SSSR count). The maximum Gasteiger partial charge on any atom is 0.127 e. The van der Waals surface area contributed by atoms with Crippen LogP contribution in [0.1, 0.15) is 33.6 Å². The van der Waals surface area contributed by atoms with Crippen molar-refractivity contribution in [2.75, 3.05) is 13.6 Å². The Kier molecular flexibility index (Phi) is 2.30. The highest BCUT2D eigenvalue weighted by Crippen LogP contribution is 2.41. The quantitative estimate of drug-likeness (QED) is 0.557. The Morgan fingerprint density at radius 3 is 2.33 bits per heavy atom. The fourth-order valence-corrected chi connectivity index (χ4v) is 1.91. The smallest absolute Gasteiger partial charge is 0.127 e. The lowest BCUT2D eigenvalue weighted by Gasteiger charge is -2.50. The average Bonchev–Trinajstić information content (AvgIpc) is 2.01. The normalized spacial score (nSPS) is 36.3. The first-order chi connectivity index (χ1) is 5.44. The second-order valence-corrected chi connectivity index (χ2v) is 4.62. The van der Waals surface area contributed by atoms with Crippen LogP contribution in [0.3, 0.4) is 0 Å². The largest absolute Gasteiger partial charge is 0.303 e. The third-order valence-electron chi connectivity index (χ3n) is 3.80. The van der Waals surface area contributed by atoms with Gasteiger partial charge >= 0.3 is 0 Å². The third kappa shape index (κ3) is 1.18. The Morgan fingerprint density at radius 1 is 1.33 bits per heavy atom. The molecule has 1 fully saturated rings. The van der Waals surface area contributed by atoms with Crippen LogP contribution in [0.15, 0.2) is 0 Å². The summed E-state index contributed by atoms with van der Waals surface area (Å²) in [6.07, 6.45) is 3.28. The monoisotopic (exact) mass is 169 g/mol. The molecule has 0 spiro atoms. The van der Waals surface area contributed by atoms with Crippen molar-refractivity contribution in [1.29, 1.82) is 0 Å². The van der Waals surface area contributed by atoms with Crippen molar-refractivity contribution in [3.8, 4) is 0 Å². The molecule has 0 aliphatic carbocycles. The maximum absolute atomic E-state index is 11.0. The Morgan fingerprint density at radius 2 is 1.92 bits per heavy atom. The zero-order chi connectivity index (χ0) is 9.41. The van der Waals surface area contributed by atoms with E-state index in [0.717, 1.165) is 25.7 Å². The van der Waals surface area contributed by atoms with Crippen LogP contribution in [0.4, 0.5) is 0 Å². The summed E-state index contributed by atoms with van der Waals surface area (Å²) in [6, 6.07) is 0. The first-order valence-electron chi connectivity index (χ1n) is 4.61. The van der Waals surface area contributed by atoms with Gasteiger partial charge < -0.3 is 9.69 Å². The third-order valence-corrected chi connectivity index (χ3v) is 3.80. The number of rotatable bonds is 1. The van der Waals surface area contributed by atoms with Crippen molar-refractivity contribution in [3.05, 3.63) is 0 Å². The molecule has 1 unspecified atom stereocenters. The van der Waals surface area contributed by atoms with E-state index in [1.807, 2.05) is 0 Å². The summed E-state index contributed by atoms with van der Waals surface area (Å²) < 4.78 is 0. The number of piperidine rings is 1. The number of aldehydes is 1. The van der Waals surface area contributed by atoms with Crippen LogP contribution in [0, 0.1) is 5.41 Å². The van der Waals surface area contributed by atoms with Crippen LogP contribution < -0.4 is 0 Å². The molecule has 0 bridgehead atoms. The van der Waals surface area contributed by atoms with Crippen molar-refractivity contribution in [2.24, 2.45) is 5.41 Å². The van der Waals surface area contributed by atoms with Crippen LogP contribution in [0.2, 0.25) is 0 Å². The van der Waals surface area contributed by atoms with Gasteiger partial charge in [-0.3, -0.25) is 0 Å². The van der Waals surface area contributed by atoms with Gasteiger partial charge in [0.25, 0.3) is 0 Å². The van der Waals surface area contributed by atoms with E-state index < -0.39 is 0 Å². The molecule has 1 aliphatic heterocycles. The predicted octanol–water partition coefficient (Wildman–Crippen LogP) is 1.70. The molecule has 0 aromatic rings. The van der Waals surface area contributed by atoms with Gasteiger partial charge in [-0.2, -0.15) is 0 Å². The number of hydrogen-bond donors (Lipinski definition) is 0. The lowest BCUT2D eigenvalue weighted by atomic mass is 9.68. The Balaban J connectivity index is 2.93. The van der Waals surface area contributed by atoms with Crippen molar-refractivity contribution in [1.82, 2.24) is 4.90 Å². The van der Waals surface area contributed by atoms with E-state index in [1.54, 1.807) is 0 Å². The maximum atomic E-state index is 11.0. The van der Waals surface area contributed by atoms with Gasteiger partial charge in [0, 0.05) is 11.0 Å². The lowest BCUT2D eigenvalue weighted by Crippen LogP contribution is -2.57. The zero-order valence-electron chi connectivity index (χ0n) is 8.55. The molecular formula is C10H19NO. The predicted molar refractivity (Wildman–Crippen MR) is 50.1 cm³/mol. The van der Waals surface area contributed by atoms with E-state index in [4.69, 9.17) is 0 Å². The second-order valence-electron chi connectivity index (χ2n) is 4.62. The summed E-state index contributed by atoms with van der Waals surface area (Å²) >= 11 is 0. The number of hydrogen-bond acceptors (Lipinski definition) is 2. The first kappa shape index (κ1) is 9.72. The molecule has 0 N–H and O–H groups in total. The molecule has 1 heterocycles. The summed E-state index contributed by atoms with van der Waals surface area (Å²) in [7, 11) is 2.10. The Hall–Kier alpha value is -0.370. The average molecular weight is 169 g/mol. The molecule has 2 heteroatoms. The lowest BCUT2D eigenvalue weighted by molar-refractivity contribution is -0.127. The summed E-state index contributed by atoms with van der Waals surface area (Å²) in [5, 5.41) is 0. The van der Waals surface area contributed by atoms with Gasteiger partial charge in [0.1, 0.15) is 6.29 Å². The number of carbonyl (C=O) groups excluding carboxylic acids is 1. The molecule has 0 radical (unpaired) electrons. The van der Waals surface area contributed by atoms with Gasteiger partial charge in [-0.25, -0.2) is 0 Å². The van der Waals surface area contributed by atoms with E-state index in [2.05, 4.69) is 32.7 Å². The highest BCUT2D eigenvalue weighted by atomic mass is 16.1. The van der Waals surface area contributed by atoms with Gasteiger partial charge in [-0.15, -0.1) is 0 Å². The van der Waals surface area contributed by atoms with Crippen molar-refractivity contribution >= 4 is 6.29 Å². The molecule has 1 saturated heterocycles. The number of carbonyl (C=O) groups is 1. The minimum absolute atomic E-state index is 0.00694. The molecule has 1 atom stereocenters. The summed E-state index contributed by atoms with van der Waals surface area (Å²) in [6.45, 7) is 7.48. The van der Waals surface area contributed by atoms with Gasteiger partial charge in [-0.05, 0) is 40.3 Å². The fourth-order valence-electron chi connectivity index (χ4n) is 1.91. The van der Waals surface area contributed by atoms with Crippen LogP contribution in [0.5, 0.6) is 0 Å². The summed E-state index contributed by atoms with van der Waals surface area (Å²) in [5.74, 6) is 0. The minimum atomic E-state index is -0.167. The Bertz CT molecular complexity index is 188. The van der Waals surface area contributed by atoms with E-state index >= 15 is 0 Å². The van der Waals surface area contributed by atoms with Crippen molar-refractivity contribution in [3.63, 3.8) is 0 Å². The van der Waals surface area contributed by atoms with E-state index in [-0.39, 0.29) is 11.0 Å². The molecule has 0 aromatic carbocycles. The van der Waals surface area contributed by atoms with E-state index in [0.29, 0.717) is 0 Å². The minimum Gasteiger partial charge on any atom is -0.303 e. The summed E-state index contributed by atoms with van der Waals surface area (Å²) in [5.41, 5.74) is -0.160. The summed E-state index contributed by atoms with van der Waals surface area (Å²) in [4.78, 5) is 13.3.